The Morgan fingerprint density at radius 3 is 2.72 bits per heavy atom. The van der Waals surface area contributed by atoms with Gasteiger partial charge in [0.1, 0.15) is 11.5 Å². The normalized spacial score (nSPS) is 10.4. The van der Waals surface area contributed by atoms with Gasteiger partial charge in [0.05, 0.1) is 19.4 Å². The summed E-state index contributed by atoms with van der Waals surface area (Å²) < 4.78 is 8.00. The number of carbonyl (C=O) groups excluding carboxylic acids is 2. The minimum absolute atomic E-state index is 0.100. The zero-order valence-corrected chi connectivity index (χ0v) is 15.4. The van der Waals surface area contributed by atoms with E-state index in [4.69, 9.17) is 4.42 Å². The number of nitrogens with one attached hydrogen (secondary N) is 2. The molecule has 3 aromatic rings. The molecule has 2 amide bonds. The highest BCUT2D eigenvalue weighted by Crippen LogP contribution is 2.15. The summed E-state index contributed by atoms with van der Waals surface area (Å²) in [5.74, 6) is 0.0707. The molecule has 0 bridgehead atoms. The van der Waals surface area contributed by atoms with Gasteiger partial charge in [-0.05, 0) is 65.1 Å². The Kier molecular flexibility index (Phi) is 5.54. The fourth-order valence-corrected chi connectivity index (χ4v) is 2.86. The van der Waals surface area contributed by atoms with Gasteiger partial charge >= 0.3 is 0 Å². The summed E-state index contributed by atoms with van der Waals surface area (Å²) in [6.45, 7) is 0.192. The lowest BCUT2D eigenvalue weighted by Crippen LogP contribution is -2.37. The molecule has 2 aromatic heterocycles. The molecule has 128 valence electrons. The van der Waals surface area contributed by atoms with E-state index >= 15 is 0 Å². The highest BCUT2D eigenvalue weighted by Gasteiger charge is 2.13. The third kappa shape index (κ3) is 4.50. The van der Waals surface area contributed by atoms with Gasteiger partial charge < -0.3 is 19.6 Å². The molecule has 25 heavy (non-hydrogen) atoms. The molecule has 2 heterocycles. The first-order valence-electron chi connectivity index (χ1n) is 7.64. The number of rotatable bonds is 6. The summed E-state index contributed by atoms with van der Waals surface area (Å²) in [6.07, 6.45) is 3.36. The van der Waals surface area contributed by atoms with E-state index < -0.39 is 0 Å². The molecule has 0 aliphatic carbocycles. The molecule has 7 heteroatoms. The van der Waals surface area contributed by atoms with Crippen LogP contribution in [0.5, 0.6) is 0 Å². The second kappa shape index (κ2) is 8.02. The number of carbonyl (C=O) groups is 2. The maximum absolute atomic E-state index is 12.4. The quantitative estimate of drug-likeness (QED) is 0.569. The van der Waals surface area contributed by atoms with Gasteiger partial charge in [0.15, 0.2) is 0 Å². The topological polar surface area (TPSA) is 76.3 Å². The molecule has 0 unspecified atom stereocenters. The number of hydrogen-bond acceptors (Lipinski definition) is 3. The summed E-state index contributed by atoms with van der Waals surface area (Å²) in [5.41, 5.74) is 1.37. The van der Waals surface area contributed by atoms with Gasteiger partial charge in [0.2, 0.25) is 5.91 Å². The Bertz CT molecular complexity index is 871. The SMILES string of the molecule is O=C(CNC(=O)c1cccn1-c1cccc(I)c1)NCc1ccco1. The van der Waals surface area contributed by atoms with Crippen LogP contribution in [0.3, 0.4) is 0 Å². The van der Waals surface area contributed by atoms with E-state index in [1.807, 2.05) is 30.5 Å². The molecule has 0 saturated carbocycles. The third-order valence-corrected chi connectivity index (χ3v) is 4.19. The Morgan fingerprint density at radius 1 is 1.08 bits per heavy atom. The number of nitrogens with zero attached hydrogens (tertiary/aromatic N) is 1. The van der Waals surface area contributed by atoms with Crippen molar-refractivity contribution in [3.63, 3.8) is 0 Å². The van der Waals surface area contributed by atoms with Crippen molar-refractivity contribution in [3.05, 3.63) is 76.0 Å². The molecule has 6 nitrogen and oxygen atoms in total. The van der Waals surface area contributed by atoms with E-state index in [1.54, 1.807) is 35.1 Å². The summed E-state index contributed by atoms with van der Waals surface area (Å²) in [5, 5.41) is 5.32. The second-order valence-electron chi connectivity index (χ2n) is 5.28. The molecule has 0 aliphatic rings. The average molecular weight is 449 g/mol. The van der Waals surface area contributed by atoms with Crippen LogP contribution < -0.4 is 10.6 Å². The average Bonchev–Trinajstić information content (AvgIpc) is 3.29. The molecule has 1 aromatic carbocycles. The fraction of sp³-hybridized carbons (Fsp3) is 0.111. The maximum Gasteiger partial charge on any atom is 0.268 e. The summed E-state index contributed by atoms with van der Waals surface area (Å²) in [4.78, 5) is 24.2. The number of benzene rings is 1. The predicted octanol–water partition coefficient (Wildman–Crippen LogP) is 2.72. The highest BCUT2D eigenvalue weighted by atomic mass is 127. The van der Waals surface area contributed by atoms with Gasteiger partial charge in [0, 0.05) is 15.5 Å². The van der Waals surface area contributed by atoms with Crippen LogP contribution in [0.4, 0.5) is 0 Å². The van der Waals surface area contributed by atoms with E-state index in [0.717, 1.165) is 9.26 Å². The second-order valence-corrected chi connectivity index (χ2v) is 6.53. The van der Waals surface area contributed by atoms with E-state index in [2.05, 4.69) is 33.2 Å². The lowest BCUT2D eigenvalue weighted by Gasteiger charge is -2.10. The van der Waals surface area contributed by atoms with Crippen LogP contribution in [-0.4, -0.2) is 22.9 Å². The lowest BCUT2D eigenvalue weighted by molar-refractivity contribution is -0.120. The predicted molar refractivity (Wildman–Crippen MR) is 101 cm³/mol. The van der Waals surface area contributed by atoms with E-state index in [1.165, 1.54) is 0 Å². The van der Waals surface area contributed by atoms with Crippen molar-refractivity contribution in [2.75, 3.05) is 6.54 Å². The minimum atomic E-state index is -0.308. The Balaban J connectivity index is 1.59. The molecule has 0 aliphatic heterocycles. The van der Waals surface area contributed by atoms with Crippen LogP contribution in [0.1, 0.15) is 16.2 Å². The zero-order valence-electron chi connectivity index (χ0n) is 13.2. The molecular weight excluding hydrogens is 433 g/mol. The van der Waals surface area contributed by atoms with Crippen LogP contribution in [0.2, 0.25) is 0 Å². The van der Waals surface area contributed by atoms with E-state index in [0.29, 0.717) is 18.0 Å². The smallest absolute Gasteiger partial charge is 0.268 e. The van der Waals surface area contributed by atoms with Gasteiger partial charge in [-0.2, -0.15) is 0 Å². The van der Waals surface area contributed by atoms with Crippen molar-refractivity contribution in [2.24, 2.45) is 0 Å². The van der Waals surface area contributed by atoms with Crippen LogP contribution >= 0.6 is 22.6 Å². The third-order valence-electron chi connectivity index (χ3n) is 3.52. The first kappa shape index (κ1) is 17.3. The Labute approximate surface area is 158 Å². The van der Waals surface area contributed by atoms with Crippen molar-refractivity contribution in [1.29, 1.82) is 0 Å². The summed E-state index contributed by atoms with van der Waals surface area (Å²) >= 11 is 2.22. The molecular formula is C18H16IN3O3. The molecule has 0 spiro atoms. The molecule has 2 N–H and O–H groups in total. The lowest BCUT2D eigenvalue weighted by atomic mass is 10.3. The van der Waals surface area contributed by atoms with E-state index in [9.17, 15) is 9.59 Å². The standard InChI is InChI=1S/C18H16IN3O3/c19-13-4-1-5-14(10-13)22-8-2-7-16(22)18(24)21-12-17(23)20-11-15-6-3-9-25-15/h1-10H,11-12H2,(H,20,23)(H,21,24). The number of halogens is 1. The summed E-state index contributed by atoms with van der Waals surface area (Å²) in [7, 11) is 0. The van der Waals surface area contributed by atoms with Crippen LogP contribution in [-0.2, 0) is 11.3 Å². The molecule has 0 saturated heterocycles. The number of amides is 2. The van der Waals surface area contributed by atoms with Gasteiger partial charge in [-0.25, -0.2) is 0 Å². The van der Waals surface area contributed by atoms with Gasteiger partial charge in [-0.3, -0.25) is 9.59 Å². The van der Waals surface area contributed by atoms with Crippen LogP contribution in [0.15, 0.2) is 65.4 Å². The molecule has 0 fully saturated rings. The monoisotopic (exact) mass is 449 g/mol. The number of hydrogen-bond donors (Lipinski definition) is 2. The van der Waals surface area contributed by atoms with Crippen molar-refractivity contribution in [2.45, 2.75) is 6.54 Å². The number of furan rings is 1. The Hall–Kier alpha value is -2.55. The first-order chi connectivity index (χ1) is 12.1. The summed E-state index contributed by atoms with van der Waals surface area (Å²) in [6, 6.07) is 14.9. The van der Waals surface area contributed by atoms with Gasteiger partial charge in [-0.15, -0.1) is 0 Å². The van der Waals surface area contributed by atoms with Gasteiger partial charge in [0.25, 0.3) is 5.91 Å². The Morgan fingerprint density at radius 2 is 1.96 bits per heavy atom. The molecule has 0 atom stereocenters. The van der Waals surface area contributed by atoms with Gasteiger partial charge in [-0.1, -0.05) is 6.07 Å². The number of aromatic nitrogens is 1. The minimum Gasteiger partial charge on any atom is -0.467 e. The highest BCUT2D eigenvalue weighted by molar-refractivity contribution is 14.1. The van der Waals surface area contributed by atoms with E-state index in [-0.39, 0.29) is 18.4 Å². The van der Waals surface area contributed by atoms with Crippen LogP contribution in [0.25, 0.3) is 5.69 Å². The van der Waals surface area contributed by atoms with Crippen molar-refractivity contribution >= 4 is 34.4 Å². The first-order valence-corrected chi connectivity index (χ1v) is 8.72. The zero-order chi connectivity index (χ0) is 17.6. The largest absolute Gasteiger partial charge is 0.467 e. The molecule has 3 rings (SSSR count). The van der Waals surface area contributed by atoms with Crippen molar-refractivity contribution < 1.29 is 14.0 Å². The molecule has 0 radical (unpaired) electrons. The maximum atomic E-state index is 12.4. The fourth-order valence-electron chi connectivity index (χ4n) is 2.33. The van der Waals surface area contributed by atoms with Crippen molar-refractivity contribution in [3.8, 4) is 5.69 Å². The van der Waals surface area contributed by atoms with Crippen molar-refractivity contribution in [1.82, 2.24) is 15.2 Å². The van der Waals surface area contributed by atoms with Crippen LogP contribution in [0, 0.1) is 3.57 Å².